The molecule has 0 saturated carbocycles. The Balaban J connectivity index is 1.58. The van der Waals surface area contributed by atoms with E-state index in [0.717, 1.165) is 33.2 Å². The van der Waals surface area contributed by atoms with Crippen molar-refractivity contribution in [3.05, 3.63) is 107 Å². The number of esters is 1. The van der Waals surface area contributed by atoms with Crippen molar-refractivity contribution in [1.82, 2.24) is 0 Å². The van der Waals surface area contributed by atoms with E-state index >= 15 is 0 Å². The molecule has 5 aromatic rings. The molecule has 0 aliphatic carbocycles. The smallest absolute Gasteiger partial charge is 0.310 e. The number of rotatable bonds is 10. The molecule has 0 bridgehead atoms. The van der Waals surface area contributed by atoms with Gasteiger partial charge in [-0.1, -0.05) is 30.3 Å². The fraction of sp³-hybridized carbons (Fsp3) is 0.182. The Bertz CT molecular complexity index is 1640. The average Bonchev–Trinajstić information content (AvgIpc) is 3.34. The maximum atomic E-state index is 13.7. The van der Waals surface area contributed by atoms with Crippen molar-refractivity contribution in [1.29, 1.82) is 0 Å². The van der Waals surface area contributed by atoms with Crippen molar-refractivity contribution in [2.45, 2.75) is 26.5 Å². The Hall–Kier alpha value is -4.62. The average molecular weight is 540 g/mol. The summed E-state index contributed by atoms with van der Waals surface area (Å²) in [6, 6.07) is 25.5. The van der Waals surface area contributed by atoms with Crippen molar-refractivity contribution in [2.24, 2.45) is 5.73 Å². The molecular formula is C33H30FNO5. The minimum atomic E-state index is -0.345. The van der Waals surface area contributed by atoms with Crippen LogP contribution in [0.1, 0.15) is 23.6 Å². The third kappa shape index (κ3) is 5.84. The second-order valence-electron chi connectivity index (χ2n) is 9.28. The van der Waals surface area contributed by atoms with Gasteiger partial charge in [-0.2, -0.15) is 0 Å². The number of furan rings is 1. The number of halogens is 1. The van der Waals surface area contributed by atoms with Crippen LogP contribution in [0, 0.1) is 5.82 Å². The molecule has 0 radical (unpaired) electrons. The molecule has 0 aliphatic heterocycles. The van der Waals surface area contributed by atoms with E-state index in [1.807, 2.05) is 30.3 Å². The highest BCUT2D eigenvalue weighted by molar-refractivity contribution is 5.91. The zero-order valence-electron chi connectivity index (χ0n) is 22.4. The van der Waals surface area contributed by atoms with Crippen molar-refractivity contribution in [2.75, 3.05) is 13.7 Å². The predicted molar refractivity (Wildman–Crippen MR) is 153 cm³/mol. The number of fused-ring (bicyclic) bond motifs is 1. The van der Waals surface area contributed by atoms with Crippen LogP contribution in [-0.2, 0) is 29.1 Å². The summed E-state index contributed by atoms with van der Waals surface area (Å²) in [5.41, 5.74) is 11.8. The number of nitrogens with two attached hydrogens (primary N) is 1. The molecule has 0 atom stereocenters. The van der Waals surface area contributed by atoms with Crippen LogP contribution in [0.5, 0.6) is 11.5 Å². The highest BCUT2D eigenvalue weighted by Crippen LogP contribution is 2.37. The van der Waals surface area contributed by atoms with E-state index in [9.17, 15) is 9.18 Å². The van der Waals surface area contributed by atoms with Gasteiger partial charge in [-0.05, 0) is 72.1 Å². The number of hydrogen-bond acceptors (Lipinski definition) is 6. The maximum absolute atomic E-state index is 13.7. The molecule has 0 unspecified atom stereocenters. The third-order valence-corrected chi connectivity index (χ3v) is 6.68. The van der Waals surface area contributed by atoms with E-state index in [4.69, 9.17) is 24.4 Å². The first kappa shape index (κ1) is 27.0. The van der Waals surface area contributed by atoms with E-state index in [0.29, 0.717) is 41.6 Å². The molecule has 6 nitrogen and oxygen atoms in total. The summed E-state index contributed by atoms with van der Waals surface area (Å²) in [7, 11) is 1.57. The SMILES string of the molecule is CCOC(=O)Cc1ccc(OC)cc1OCc1c(-c2ccc(F)cc2)oc2ccc(-c3cccc(CN)c3)cc12. The van der Waals surface area contributed by atoms with Crippen molar-refractivity contribution in [3.8, 4) is 33.9 Å². The summed E-state index contributed by atoms with van der Waals surface area (Å²) < 4.78 is 36.9. The number of carbonyl (C=O) groups is 1. The molecule has 0 aliphatic rings. The highest BCUT2D eigenvalue weighted by atomic mass is 19.1. The summed E-state index contributed by atoms with van der Waals surface area (Å²) in [4.78, 5) is 12.2. The minimum Gasteiger partial charge on any atom is -0.497 e. The van der Waals surface area contributed by atoms with Crippen molar-refractivity contribution in [3.63, 3.8) is 0 Å². The van der Waals surface area contributed by atoms with Gasteiger partial charge < -0.3 is 24.4 Å². The lowest BCUT2D eigenvalue weighted by atomic mass is 9.99. The maximum Gasteiger partial charge on any atom is 0.310 e. The van der Waals surface area contributed by atoms with Gasteiger partial charge in [0.25, 0.3) is 0 Å². The number of hydrogen-bond donors (Lipinski definition) is 1. The largest absolute Gasteiger partial charge is 0.497 e. The molecule has 40 heavy (non-hydrogen) atoms. The summed E-state index contributed by atoms with van der Waals surface area (Å²) >= 11 is 0. The first-order chi connectivity index (χ1) is 19.5. The molecular weight excluding hydrogens is 509 g/mol. The van der Waals surface area contributed by atoms with Crippen molar-refractivity contribution < 1.29 is 27.8 Å². The number of ether oxygens (including phenoxy) is 3. The van der Waals surface area contributed by atoms with Gasteiger partial charge in [0.2, 0.25) is 0 Å². The molecule has 204 valence electrons. The van der Waals surface area contributed by atoms with E-state index in [1.54, 1.807) is 44.4 Å². The molecule has 1 aromatic heterocycles. The van der Waals surface area contributed by atoms with Gasteiger partial charge in [-0.3, -0.25) is 4.79 Å². The molecule has 0 fully saturated rings. The van der Waals surface area contributed by atoms with E-state index in [1.165, 1.54) is 12.1 Å². The van der Waals surface area contributed by atoms with Crippen LogP contribution < -0.4 is 15.2 Å². The monoisotopic (exact) mass is 539 g/mol. The summed E-state index contributed by atoms with van der Waals surface area (Å²) in [6.45, 7) is 2.65. The van der Waals surface area contributed by atoms with Gasteiger partial charge >= 0.3 is 5.97 Å². The first-order valence-electron chi connectivity index (χ1n) is 13.0. The first-order valence-corrected chi connectivity index (χ1v) is 13.0. The molecule has 0 amide bonds. The van der Waals surface area contributed by atoms with Crippen LogP contribution in [0.2, 0.25) is 0 Å². The molecule has 0 saturated heterocycles. The number of carbonyl (C=O) groups excluding carboxylic acids is 1. The summed E-state index contributed by atoms with van der Waals surface area (Å²) in [5.74, 6) is 0.999. The lowest BCUT2D eigenvalue weighted by molar-refractivity contribution is -0.142. The lowest BCUT2D eigenvalue weighted by Crippen LogP contribution is -2.09. The number of methoxy groups -OCH3 is 1. The fourth-order valence-corrected chi connectivity index (χ4v) is 4.64. The van der Waals surface area contributed by atoms with Crippen LogP contribution >= 0.6 is 0 Å². The second kappa shape index (κ2) is 12.1. The summed E-state index contributed by atoms with van der Waals surface area (Å²) in [5, 5.41) is 0.866. The Labute approximate surface area is 232 Å². The third-order valence-electron chi connectivity index (χ3n) is 6.68. The molecule has 1 heterocycles. The van der Waals surface area contributed by atoms with Crippen LogP contribution in [0.25, 0.3) is 33.4 Å². The van der Waals surface area contributed by atoms with Gasteiger partial charge in [-0.25, -0.2) is 4.39 Å². The minimum absolute atomic E-state index is 0.0613. The van der Waals surface area contributed by atoms with Crippen LogP contribution in [0.15, 0.2) is 89.3 Å². The molecule has 7 heteroatoms. The summed E-state index contributed by atoms with van der Waals surface area (Å²) in [6.07, 6.45) is 0.0613. The quantitative estimate of drug-likeness (QED) is 0.191. The van der Waals surface area contributed by atoms with Gasteiger partial charge in [0.15, 0.2) is 0 Å². The molecule has 4 aromatic carbocycles. The normalized spacial score (nSPS) is 11.0. The fourth-order valence-electron chi connectivity index (χ4n) is 4.64. The molecule has 0 spiro atoms. The molecule has 5 rings (SSSR count). The van der Waals surface area contributed by atoms with E-state index < -0.39 is 0 Å². The zero-order chi connectivity index (χ0) is 28.1. The van der Waals surface area contributed by atoms with Crippen LogP contribution in [0.3, 0.4) is 0 Å². The van der Waals surface area contributed by atoms with E-state index in [2.05, 4.69) is 12.1 Å². The van der Waals surface area contributed by atoms with Crippen LogP contribution in [0.4, 0.5) is 4.39 Å². The topological polar surface area (TPSA) is 83.9 Å². The van der Waals surface area contributed by atoms with Gasteiger partial charge in [0, 0.05) is 34.7 Å². The standard InChI is InChI=1S/C33H30FNO5/c1-3-38-32(36)17-25-9-13-27(37-2)18-31(25)39-20-29-28-16-24(23-6-4-5-21(15-23)19-35)10-14-30(28)40-33(29)22-7-11-26(34)12-8-22/h4-16,18H,3,17,19-20,35H2,1-2H3. The van der Waals surface area contributed by atoms with Crippen molar-refractivity contribution >= 4 is 16.9 Å². The number of benzene rings is 4. The molecule has 2 N–H and O–H groups in total. The Morgan fingerprint density at radius 3 is 2.45 bits per heavy atom. The Kier molecular flexibility index (Phi) is 8.12. The van der Waals surface area contributed by atoms with Gasteiger partial charge in [0.1, 0.15) is 35.3 Å². The van der Waals surface area contributed by atoms with E-state index in [-0.39, 0.29) is 24.8 Å². The Morgan fingerprint density at radius 2 is 1.70 bits per heavy atom. The second-order valence-corrected chi connectivity index (χ2v) is 9.28. The van der Waals surface area contributed by atoms with Gasteiger partial charge in [0.05, 0.1) is 20.1 Å². The van der Waals surface area contributed by atoms with Crippen LogP contribution in [-0.4, -0.2) is 19.7 Å². The predicted octanol–water partition coefficient (Wildman–Crippen LogP) is 7.06. The van der Waals surface area contributed by atoms with Gasteiger partial charge in [-0.15, -0.1) is 0 Å². The zero-order valence-corrected chi connectivity index (χ0v) is 22.4. The highest BCUT2D eigenvalue weighted by Gasteiger charge is 2.19. The Morgan fingerprint density at radius 1 is 0.925 bits per heavy atom. The lowest BCUT2D eigenvalue weighted by Gasteiger charge is -2.13.